The van der Waals surface area contributed by atoms with E-state index in [1.54, 1.807) is 20.8 Å². The van der Waals surface area contributed by atoms with Crippen molar-refractivity contribution in [2.24, 2.45) is 0 Å². The van der Waals surface area contributed by atoms with Gasteiger partial charge in [0.25, 0.3) is 0 Å². The molecule has 0 fully saturated rings. The molecule has 5 heteroatoms. The summed E-state index contributed by atoms with van der Waals surface area (Å²) in [5.41, 5.74) is 1.94. The number of anilines is 1. The van der Waals surface area contributed by atoms with E-state index in [0.717, 1.165) is 18.4 Å². The number of carbonyl (C=O) groups is 1. The second kappa shape index (κ2) is 6.23. The highest BCUT2D eigenvalue weighted by Crippen LogP contribution is 2.27. The van der Waals surface area contributed by atoms with Crippen LogP contribution < -0.4 is 5.32 Å². The van der Waals surface area contributed by atoms with Crippen molar-refractivity contribution in [1.82, 2.24) is 4.98 Å². The quantitative estimate of drug-likeness (QED) is 0.808. The molecule has 0 aliphatic rings. The molecule has 1 aromatic rings. The summed E-state index contributed by atoms with van der Waals surface area (Å²) in [4.78, 5) is 15.7. The van der Waals surface area contributed by atoms with E-state index in [-0.39, 0.29) is 5.75 Å². The Balaban J connectivity index is 2.76. The topological polar surface area (TPSA) is 71.5 Å². The van der Waals surface area contributed by atoms with Crippen molar-refractivity contribution in [2.75, 3.05) is 11.9 Å². The number of aromatic nitrogens is 1. The molecule has 5 nitrogen and oxygen atoms in total. The molecule has 1 heterocycles. The maximum Gasteiger partial charge on any atom is 0.412 e. The molecule has 0 bridgehead atoms. The largest absolute Gasteiger partial charge is 0.506 e. The zero-order chi connectivity index (χ0) is 13.7. The number of unbranched alkanes of at least 4 members (excludes halogenated alkanes) is 1. The SMILES string of the molecule is CCCCOC(=O)Nc1nc(C)c(O)c(C)c1C. The van der Waals surface area contributed by atoms with Gasteiger partial charge in [-0.25, -0.2) is 9.78 Å². The third-order valence-electron chi connectivity index (χ3n) is 2.85. The van der Waals surface area contributed by atoms with Crippen LogP contribution in [-0.2, 0) is 4.74 Å². The van der Waals surface area contributed by atoms with Crippen molar-refractivity contribution in [1.29, 1.82) is 0 Å². The Morgan fingerprint density at radius 2 is 2.00 bits per heavy atom. The molecule has 0 atom stereocenters. The predicted octanol–water partition coefficient (Wildman–Crippen LogP) is 3.06. The average Bonchev–Trinajstić information content (AvgIpc) is 2.33. The number of aryl methyl sites for hydroxylation is 1. The molecule has 0 aromatic carbocycles. The summed E-state index contributed by atoms with van der Waals surface area (Å²) in [5.74, 6) is 0.599. The summed E-state index contributed by atoms with van der Waals surface area (Å²) in [6.45, 7) is 7.70. The molecule has 1 aromatic heterocycles. The molecule has 0 aliphatic carbocycles. The normalized spacial score (nSPS) is 10.2. The first-order valence-electron chi connectivity index (χ1n) is 6.07. The third kappa shape index (κ3) is 3.35. The van der Waals surface area contributed by atoms with Gasteiger partial charge in [-0.1, -0.05) is 13.3 Å². The minimum Gasteiger partial charge on any atom is -0.506 e. The number of nitrogens with zero attached hydrogens (tertiary/aromatic N) is 1. The molecule has 1 rings (SSSR count). The fraction of sp³-hybridized carbons (Fsp3) is 0.538. The number of hydrogen-bond acceptors (Lipinski definition) is 4. The summed E-state index contributed by atoms with van der Waals surface area (Å²) in [6.07, 6.45) is 1.30. The zero-order valence-corrected chi connectivity index (χ0v) is 11.3. The van der Waals surface area contributed by atoms with Crippen molar-refractivity contribution in [2.45, 2.75) is 40.5 Å². The van der Waals surface area contributed by atoms with Crippen LogP contribution in [0.25, 0.3) is 0 Å². The van der Waals surface area contributed by atoms with Crippen LogP contribution in [0.5, 0.6) is 5.75 Å². The first-order valence-corrected chi connectivity index (χ1v) is 6.07. The third-order valence-corrected chi connectivity index (χ3v) is 2.85. The van der Waals surface area contributed by atoms with E-state index in [9.17, 15) is 9.90 Å². The maximum atomic E-state index is 11.5. The number of amides is 1. The highest BCUT2D eigenvalue weighted by Gasteiger charge is 2.13. The molecule has 0 aliphatic heterocycles. The van der Waals surface area contributed by atoms with E-state index in [4.69, 9.17) is 4.74 Å². The summed E-state index contributed by atoms with van der Waals surface area (Å²) in [7, 11) is 0. The second-order valence-electron chi connectivity index (χ2n) is 4.26. The predicted molar refractivity (Wildman–Crippen MR) is 70.0 cm³/mol. The number of carbonyl (C=O) groups excluding carboxylic acids is 1. The van der Waals surface area contributed by atoms with Crippen LogP contribution in [0.1, 0.15) is 36.6 Å². The summed E-state index contributed by atoms with van der Waals surface area (Å²) < 4.78 is 5.00. The van der Waals surface area contributed by atoms with Crippen LogP contribution >= 0.6 is 0 Å². The zero-order valence-electron chi connectivity index (χ0n) is 11.3. The van der Waals surface area contributed by atoms with Gasteiger partial charge in [0, 0.05) is 0 Å². The van der Waals surface area contributed by atoms with Crippen molar-refractivity contribution >= 4 is 11.9 Å². The van der Waals surface area contributed by atoms with E-state index >= 15 is 0 Å². The molecular formula is C13H20N2O3. The molecule has 0 radical (unpaired) electrons. The molecule has 18 heavy (non-hydrogen) atoms. The van der Waals surface area contributed by atoms with Crippen LogP contribution in [0.4, 0.5) is 10.6 Å². The van der Waals surface area contributed by atoms with Crippen molar-refractivity contribution < 1.29 is 14.6 Å². The molecule has 1 amide bonds. The lowest BCUT2D eigenvalue weighted by molar-refractivity contribution is 0.159. The summed E-state index contributed by atoms with van der Waals surface area (Å²) in [5, 5.41) is 12.3. The lowest BCUT2D eigenvalue weighted by Crippen LogP contribution is -2.16. The van der Waals surface area contributed by atoms with E-state index in [1.165, 1.54) is 0 Å². The van der Waals surface area contributed by atoms with Crippen molar-refractivity contribution in [3.05, 3.63) is 16.8 Å². The number of rotatable bonds is 4. The van der Waals surface area contributed by atoms with Gasteiger partial charge in [0.2, 0.25) is 0 Å². The molecule has 0 spiro atoms. The van der Waals surface area contributed by atoms with Crippen LogP contribution in [0.15, 0.2) is 0 Å². The van der Waals surface area contributed by atoms with E-state index in [2.05, 4.69) is 10.3 Å². The lowest BCUT2D eigenvalue weighted by Gasteiger charge is -2.12. The van der Waals surface area contributed by atoms with Gasteiger partial charge < -0.3 is 9.84 Å². The molecule has 0 unspecified atom stereocenters. The Hall–Kier alpha value is -1.78. The average molecular weight is 252 g/mol. The van der Waals surface area contributed by atoms with Gasteiger partial charge in [0.15, 0.2) is 0 Å². The Labute approximate surface area is 107 Å². The van der Waals surface area contributed by atoms with Gasteiger partial charge in [0.1, 0.15) is 11.6 Å². The highest BCUT2D eigenvalue weighted by atomic mass is 16.5. The molecule has 0 saturated heterocycles. The Morgan fingerprint density at radius 1 is 1.33 bits per heavy atom. The molecule has 0 saturated carbocycles. The lowest BCUT2D eigenvalue weighted by atomic mass is 10.1. The number of aromatic hydroxyl groups is 1. The fourth-order valence-corrected chi connectivity index (χ4v) is 1.49. The van der Waals surface area contributed by atoms with Gasteiger partial charge in [-0.3, -0.25) is 5.32 Å². The monoisotopic (exact) mass is 252 g/mol. The maximum absolute atomic E-state index is 11.5. The number of nitrogens with one attached hydrogen (secondary N) is 1. The number of pyridine rings is 1. The first-order chi connectivity index (χ1) is 8.47. The van der Waals surface area contributed by atoms with Crippen LogP contribution in [0.3, 0.4) is 0 Å². The van der Waals surface area contributed by atoms with E-state index in [0.29, 0.717) is 23.7 Å². The van der Waals surface area contributed by atoms with Gasteiger partial charge in [-0.05, 0) is 38.3 Å². The van der Waals surface area contributed by atoms with E-state index < -0.39 is 6.09 Å². The fourth-order valence-electron chi connectivity index (χ4n) is 1.49. The minimum atomic E-state index is -0.511. The molecular weight excluding hydrogens is 232 g/mol. The van der Waals surface area contributed by atoms with Gasteiger partial charge >= 0.3 is 6.09 Å². The molecule has 2 N–H and O–H groups in total. The first kappa shape index (κ1) is 14.3. The van der Waals surface area contributed by atoms with Gasteiger partial charge in [0.05, 0.1) is 12.3 Å². The number of hydrogen-bond donors (Lipinski definition) is 2. The number of ether oxygens (including phenoxy) is 1. The minimum absolute atomic E-state index is 0.164. The highest BCUT2D eigenvalue weighted by molar-refractivity contribution is 5.84. The Morgan fingerprint density at radius 3 is 2.61 bits per heavy atom. The van der Waals surface area contributed by atoms with Crippen LogP contribution in [-0.4, -0.2) is 22.8 Å². The van der Waals surface area contributed by atoms with E-state index in [1.807, 2.05) is 6.92 Å². The standard InChI is InChI=1S/C13H20N2O3/c1-5-6-7-18-13(17)15-12-9(3)8(2)11(16)10(4)14-12/h16H,5-7H2,1-4H3,(H,14,15,17). The van der Waals surface area contributed by atoms with Crippen LogP contribution in [0, 0.1) is 20.8 Å². The summed E-state index contributed by atoms with van der Waals surface area (Å²) >= 11 is 0. The van der Waals surface area contributed by atoms with Crippen molar-refractivity contribution in [3.8, 4) is 5.75 Å². The smallest absolute Gasteiger partial charge is 0.412 e. The second-order valence-corrected chi connectivity index (χ2v) is 4.26. The molecule has 100 valence electrons. The van der Waals surface area contributed by atoms with Gasteiger partial charge in [-0.15, -0.1) is 0 Å². The van der Waals surface area contributed by atoms with Gasteiger partial charge in [-0.2, -0.15) is 0 Å². The Kier molecular flexibility index (Phi) is 4.95. The van der Waals surface area contributed by atoms with Crippen molar-refractivity contribution in [3.63, 3.8) is 0 Å². The Bertz CT molecular complexity index is 444. The summed E-state index contributed by atoms with van der Waals surface area (Å²) in [6, 6.07) is 0. The van der Waals surface area contributed by atoms with Crippen LogP contribution in [0.2, 0.25) is 0 Å².